The molecule has 0 aliphatic rings. The fourth-order valence-electron chi connectivity index (χ4n) is 3.01. The van der Waals surface area contributed by atoms with Crippen LogP contribution in [0.2, 0.25) is 0 Å². The molecule has 0 amide bonds. The van der Waals surface area contributed by atoms with Gasteiger partial charge in [0.1, 0.15) is 5.52 Å². The van der Waals surface area contributed by atoms with Gasteiger partial charge in [-0.2, -0.15) is 5.10 Å². The summed E-state index contributed by atoms with van der Waals surface area (Å²) in [5.41, 5.74) is 10.4. The van der Waals surface area contributed by atoms with Gasteiger partial charge in [0.25, 0.3) is 0 Å². The quantitative estimate of drug-likeness (QED) is 0.806. The fraction of sp³-hybridized carbons (Fsp3) is 0.467. The van der Waals surface area contributed by atoms with E-state index in [-0.39, 0.29) is 6.04 Å². The van der Waals surface area contributed by atoms with E-state index in [1.54, 1.807) is 0 Å². The smallest absolute Gasteiger partial charge is 0.203 e. The Morgan fingerprint density at radius 1 is 1.33 bits per heavy atom. The Morgan fingerprint density at radius 3 is 2.62 bits per heavy atom. The number of nitrogens with zero attached hydrogens (tertiary/aromatic N) is 4. The number of hydrogen-bond acceptors (Lipinski definition) is 4. The van der Waals surface area contributed by atoms with Gasteiger partial charge in [0, 0.05) is 16.3 Å². The monoisotopic (exact) mass is 303 g/mol. The van der Waals surface area contributed by atoms with E-state index in [2.05, 4.69) is 48.4 Å². The number of hydrogen-bond donors (Lipinski definition) is 1. The van der Waals surface area contributed by atoms with E-state index < -0.39 is 0 Å². The predicted molar refractivity (Wildman–Crippen MR) is 87.9 cm³/mol. The molecular formula is C15H21N5S. The highest BCUT2D eigenvalue weighted by atomic mass is 32.1. The van der Waals surface area contributed by atoms with E-state index in [0.717, 1.165) is 23.4 Å². The minimum absolute atomic E-state index is 0.154. The van der Waals surface area contributed by atoms with Crippen molar-refractivity contribution in [3.05, 3.63) is 27.1 Å². The number of aryl methyl sites for hydroxylation is 4. The van der Waals surface area contributed by atoms with Gasteiger partial charge in [0.2, 0.25) is 5.95 Å². The van der Waals surface area contributed by atoms with E-state index in [9.17, 15) is 0 Å². The number of fused-ring (bicyclic) bond motifs is 1. The van der Waals surface area contributed by atoms with Crippen LogP contribution in [0.5, 0.6) is 0 Å². The van der Waals surface area contributed by atoms with Crippen molar-refractivity contribution >= 4 is 28.4 Å². The summed E-state index contributed by atoms with van der Waals surface area (Å²) in [6.07, 6.45) is 0. The maximum absolute atomic E-state index is 6.20. The Labute approximate surface area is 128 Å². The summed E-state index contributed by atoms with van der Waals surface area (Å²) in [4.78, 5) is 7.18. The van der Waals surface area contributed by atoms with E-state index in [0.29, 0.717) is 5.95 Å². The van der Waals surface area contributed by atoms with Crippen molar-refractivity contribution in [2.75, 3.05) is 5.73 Å². The van der Waals surface area contributed by atoms with Gasteiger partial charge in [-0.1, -0.05) is 0 Å². The molecule has 6 heteroatoms. The van der Waals surface area contributed by atoms with Crippen LogP contribution in [0.3, 0.4) is 0 Å². The van der Waals surface area contributed by atoms with Gasteiger partial charge < -0.3 is 5.73 Å². The van der Waals surface area contributed by atoms with E-state index in [1.807, 2.05) is 22.9 Å². The van der Waals surface area contributed by atoms with Crippen LogP contribution in [0.1, 0.15) is 40.9 Å². The molecule has 1 unspecified atom stereocenters. The van der Waals surface area contributed by atoms with Crippen LogP contribution in [-0.2, 0) is 6.54 Å². The first kappa shape index (κ1) is 14.1. The molecule has 0 saturated carbocycles. The van der Waals surface area contributed by atoms with Crippen molar-refractivity contribution in [3.63, 3.8) is 0 Å². The molecule has 3 aromatic heterocycles. The molecule has 0 bridgehead atoms. The molecule has 0 radical (unpaired) electrons. The highest BCUT2D eigenvalue weighted by Gasteiger charge is 2.22. The van der Waals surface area contributed by atoms with Crippen LogP contribution in [0.15, 0.2) is 6.07 Å². The number of nitrogen functional groups attached to an aromatic ring is 1. The molecule has 1 atom stereocenters. The number of imidazole rings is 1. The molecule has 0 saturated heterocycles. The lowest BCUT2D eigenvalue weighted by Gasteiger charge is -2.16. The minimum Gasteiger partial charge on any atom is -0.369 e. The third-order valence-electron chi connectivity index (χ3n) is 3.99. The summed E-state index contributed by atoms with van der Waals surface area (Å²) in [5, 5.41) is 4.55. The molecule has 3 rings (SSSR count). The molecule has 112 valence electrons. The Bertz CT molecular complexity index is 808. The first-order chi connectivity index (χ1) is 9.93. The second-order valence-electron chi connectivity index (χ2n) is 5.46. The summed E-state index contributed by atoms with van der Waals surface area (Å²) in [6.45, 7) is 11.4. The van der Waals surface area contributed by atoms with Gasteiger partial charge in [0.05, 0.1) is 11.7 Å². The first-order valence-corrected chi connectivity index (χ1v) is 8.03. The Kier molecular flexibility index (Phi) is 3.28. The molecule has 3 heterocycles. The van der Waals surface area contributed by atoms with Crippen LogP contribution in [0, 0.1) is 20.8 Å². The summed E-state index contributed by atoms with van der Waals surface area (Å²) < 4.78 is 4.09. The predicted octanol–water partition coefficient (Wildman–Crippen LogP) is 3.43. The Balaban J connectivity index is 2.24. The molecule has 0 aliphatic heterocycles. The average molecular weight is 303 g/mol. The number of rotatable bonds is 3. The van der Waals surface area contributed by atoms with Crippen LogP contribution in [0.25, 0.3) is 11.2 Å². The van der Waals surface area contributed by atoms with Crippen LogP contribution in [-0.4, -0.2) is 19.3 Å². The second kappa shape index (κ2) is 4.87. The lowest BCUT2D eigenvalue weighted by Crippen LogP contribution is -2.13. The van der Waals surface area contributed by atoms with Gasteiger partial charge in [-0.15, -0.1) is 11.3 Å². The Hall–Kier alpha value is -1.82. The first-order valence-electron chi connectivity index (χ1n) is 7.21. The summed E-state index contributed by atoms with van der Waals surface area (Å²) >= 11 is 1.82. The number of aromatic nitrogens is 4. The third-order valence-corrected chi connectivity index (χ3v) is 4.97. The summed E-state index contributed by atoms with van der Waals surface area (Å²) in [5.74, 6) is 0.559. The lowest BCUT2D eigenvalue weighted by molar-refractivity contribution is 0.607. The van der Waals surface area contributed by atoms with Crippen molar-refractivity contribution in [1.29, 1.82) is 0 Å². The molecule has 3 aromatic rings. The van der Waals surface area contributed by atoms with Gasteiger partial charge in [-0.3, -0.25) is 4.57 Å². The largest absolute Gasteiger partial charge is 0.369 e. The molecular weight excluding hydrogens is 282 g/mol. The van der Waals surface area contributed by atoms with Crippen molar-refractivity contribution in [2.24, 2.45) is 0 Å². The molecule has 0 aromatic carbocycles. The zero-order valence-electron chi connectivity index (χ0n) is 13.1. The van der Waals surface area contributed by atoms with Gasteiger partial charge in [0.15, 0.2) is 5.65 Å². The van der Waals surface area contributed by atoms with Gasteiger partial charge >= 0.3 is 0 Å². The maximum atomic E-state index is 6.20. The maximum Gasteiger partial charge on any atom is 0.203 e. The fourth-order valence-corrected chi connectivity index (χ4v) is 4.03. The SMILES string of the molecule is CCn1nc(C)c2nc(N)n(C(C)c3cc(C)sc3C)c21. The standard InChI is InChI=1S/C15H21N5S/c1-6-19-14-13(9(3)18-19)17-15(16)20(14)10(4)12-7-8(2)21-11(12)5/h7,10H,6H2,1-5H3,(H2,16,17). The van der Waals surface area contributed by atoms with E-state index >= 15 is 0 Å². The van der Waals surface area contributed by atoms with Gasteiger partial charge in [-0.25, -0.2) is 9.67 Å². The topological polar surface area (TPSA) is 61.7 Å². The van der Waals surface area contributed by atoms with Crippen molar-refractivity contribution < 1.29 is 0 Å². The van der Waals surface area contributed by atoms with E-state index in [1.165, 1.54) is 15.3 Å². The third kappa shape index (κ3) is 2.05. The number of anilines is 1. The number of thiophene rings is 1. The highest BCUT2D eigenvalue weighted by molar-refractivity contribution is 7.12. The van der Waals surface area contributed by atoms with Gasteiger partial charge in [-0.05, 0) is 46.2 Å². The summed E-state index contributed by atoms with van der Waals surface area (Å²) in [7, 11) is 0. The minimum atomic E-state index is 0.154. The van der Waals surface area contributed by atoms with Crippen LogP contribution >= 0.6 is 11.3 Å². The normalized spacial score (nSPS) is 13.2. The zero-order chi connectivity index (χ0) is 15.3. The highest BCUT2D eigenvalue weighted by Crippen LogP contribution is 2.33. The zero-order valence-corrected chi connectivity index (χ0v) is 14.0. The average Bonchev–Trinajstić information content (AvgIpc) is 3.03. The molecule has 21 heavy (non-hydrogen) atoms. The lowest BCUT2D eigenvalue weighted by atomic mass is 10.1. The molecule has 5 nitrogen and oxygen atoms in total. The second-order valence-corrected chi connectivity index (χ2v) is 6.92. The van der Waals surface area contributed by atoms with Crippen molar-refractivity contribution in [3.8, 4) is 0 Å². The molecule has 0 fully saturated rings. The van der Waals surface area contributed by atoms with Crippen molar-refractivity contribution in [1.82, 2.24) is 19.3 Å². The Morgan fingerprint density at radius 2 is 2.05 bits per heavy atom. The van der Waals surface area contributed by atoms with Crippen LogP contribution in [0.4, 0.5) is 5.95 Å². The van der Waals surface area contributed by atoms with E-state index in [4.69, 9.17) is 5.73 Å². The number of nitrogens with two attached hydrogens (primary N) is 1. The molecule has 2 N–H and O–H groups in total. The summed E-state index contributed by atoms with van der Waals surface area (Å²) in [6, 6.07) is 2.40. The van der Waals surface area contributed by atoms with Crippen LogP contribution < -0.4 is 5.73 Å². The van der Waals surface area contributed by atoms with Crippen molar-refractivity contribution in [2.45, 2.75) is 47.2 Å². The molecule has 0 aliphatic carbocycles. The molecule has 0 spiro atoms.